The number of aryl methyl sites for hydroxylation is 2. The number of nitrogens with one attached hydrogen (secondary N) is 1. The Balaban J connectivity index is 1.92. The Hall–Kier alpha value is -2.62. The average molecular weight is 367 g/mol. The van der Waals surface area contributed by atoms with Gasteiger partial charge in [-0.1, -0.05) is 48.0 Å². The Kier molecular flexibility index (Phi) is 7.17. The van der Waals surface area contributed by atoms with Crippen molar-refractivity contribution >= 4 is 11.8 Å². The molecule has 0 saturated carbocycles. The second-order valence-corrected chi connectivity index (χ2v) is 7.90. The fourth-order valence-electron chi connectivity index (χ4n) is 2.92. The summed E-state index contributed by atoms with van der Waals surface area (Å²) in [6, 6.07) is 17.6. The molecule has 0 saturated heterocycles. The summed E-state index contributed by atoms with van der Waals surface area (Å²) >= 11 is 0. The summed E-state index contributed by atoms with van der Waals surface area (Å²) in [5.74, 6) is -0.317. The number of nitrogens with zero attached hydrogens (tertiary/aromatic N) is 1. The topological polar surface area (TPSA) is 49.4 Å². The van der Waals surface area contributed by atoms with Crippen molar-refractivity contribution in [2.24, 2.45) is 0 Å². The molecular formula is C23H30N2O2. The van der Waals surface area contributed by atoms with Crippen molar-refractivity contribution in [1.29, 1.82) is 0 Å². The minimum Gasteiger partial charge on any atom is -0.273 e. The van der Waals surface area contributed by atoms with Crippen molar-refractivity contribution in [3.05, 3.63) is 71.3 Å². The SMILES string of the molecule is Cc1cccc(C(=O)NN(C(=O)CCCCc2ccccc2)C(C)(C)C)c1. The Bertz CT molecular complexity index is 763. The molecule has 0 radical (unpaired) electrons. The molecule has 0 spiro atoms. The molecule has 0 atom stereocenters. The molecule has 2 amide bonds. The Labute approximate surface area is 162 Å². The predicted octanol–water partition coefficient (Wildman–Crippen LogP) is 4.68. The summed E-state index contributed by atoms with van der Waals surface area (Å²) in [5.41, 5.74) is 5.16. The van der Waals surface area contributed by atoms with E-state index in [0.717, 1.165) is 24.8 Å². The van der Waals surface area contributed by atoms with Crippen LogP contribution in [0.3, 0.4) is 0 Å². The summed E-state index contributed by atoms with van der Waals surface area (Å²) in [5, 5.41) is 1.47. The molecule has 0 bridgehead atoms. The van der Waals surface area contributed by atoms with Crippen molar-refractivity contribution in [2.75, 3.05) is 0 Å². The van der Waals surface area contributed by atoms with Crippen LogP contribution in [0.2, 0.25) is 0 Å². The van der Waals surface area contributed by atoms with Crippen LogP contribution in [0.4, 0.5) is 0 Å². The summed E-state index contributed by atoms with van der Waals surface area (Å²) in [4.78, 5) is 25.3. The number of hydrogen-bond acceptors (Lipinski definition) is 2. The molecule has 2 aromatic rings. The van der Waals surface area contributed by atoms with Crippen LogP contribution in [0.25, 0.3) is 0 Å². The second kappa shape index (κ2) is 9.36. The molecule has 144 valence electrons. The smallest absolute Gasteiger partial charge is 0.269 e. The number of rotatable bonds is 6. The maximum Gasteiger partial charge on any atom is 0.269 e. The van der Waals surface area contributed by atoms with Gasteiger partial charge in [0, 0.05) is 12.0 Å². The lowest BCUT2D eigenvalue weighted by molar-refractivity contribution is -0.139. The number of unbranched alkanes of at least 4 members (excludes halogenated alkanes) is 1. The highest BCUT2D eigenvalue weighted by Gasteiger charge is 2.28. The molecule has 0 aliphatic carbocycles. The van der Waals surface area contributed by atoms with Crippen molar-refractivity contribution < 1.29 is 9.59 Å². The molecule has 0 aliphatic heterocycles. The fourth-order valence-corrected chi connectivity index (χ4v) is 2.92. The number of hydrogen-bond donors (Lipinski definition) is 1. The molecule has 1 N–H and O–H groups in total. The molecule has 0 unspecified atom stereocenters. The van der Waals surface area contributed by atoms with Gasteiger partial charge in [-0.05, 0) is 64.7 Å². The second-order valence-electron chi connectivity index (χ2n) is 7.90. The van der Waals surface area contributed by atoms with Gasteiger partial charge in [-0.25, -0.2) is 5.01 Å². The standard InChI is InChI=1S/C23H30N2O2/c1-18-11-10-15-20(17-18)22(27)24-25(23(2,3)4)21(26)16-9-8-14-19-12-6-5-7-13-19/h5-7,10-13,15,17H,8-9,14,16H2,1-4H3,(H,24,27). The highest BCUT2D eigenvalue weighted by Crippen LogP contribution is 2.15. The van der Waals surface area contributed by atoms with E-state index in [1.807, 2.05) is 64.1 Å². The maximum atomic E-state index is 12.7. The van der Waals surface area contributed by atoms with E-state index in [1.54, 1.807) is 6.07 Å². The van der Waals surface area contributed by atoms with Crippen LogP contribution in [0.5, 0.6) is 0 Å². The minimum absolute atomic E-state index is 0.0587. The van der Waals surface area contributed by atoms with E-state index in [1.165, 1.54) is 10.6 Å². The van der Waals surface area contributed by atoms with Crippen molar-refractivity contribution in [3.8, 4) is 0 Å². The number of carbonyl (C=O) groups is 2. The maximum absolute atomic E-state index is 12.7. The van der Waals surface area contributed by atoms with E-state index in [9.17, 15) is 9.59 Å². The summed E-state index contributed by atoms with van der Waals surface area (Å²) in [6.45, 7) is 7.71. The molecule has 0 fully saturated rings. The van der Waals surface area contributed by atoms with E-state index in [0.29, 0.717) is 12.0 Å². The van der Waals surface area contributed by atoms with Crippen molar-refractivity contribution in [3.63, 3.8) is 0 Å². The highest BCUT2D eigenvalue weighted by atomic mass is 16.2. The Morgan fingerprint density at radius 3 is 2.30 bits per heavy atom. The quantitative estimate of drug-likeness (QED) is 0.596. The minimum atomic E-state index is -0.490. The van der Waals surface area contributed by atoms with Crippen LogP contribution < -0.4 is 5.43 Å². The monoisotopic (exact) mass is 366 g/mol. The zero-order valence-corrected chi connectivity index (χ0v) is 16.8. The van der Waals surface area contributed by atoms with Gasteiger partial charge in [0.2, 0.25) is 5.91 Å². The highest BCUT2D eigenvalue weighted by molar-refractivity contribution is 5.95. The van der Waals surface area contributed by atoms with Gasteiger partial charge in [0.1, 0.15) is 0 Å². The average Bonchev–Trinajstić information content (AvgIpc) is 2.63. The molecule has 4 nitrogen and oxygen atoms in total. The zero-order valence-electron chi connectivity index (χ0n) is 16.8. The van der Waals surface area contributed by atoms with Crippen molar-refractivity contribution in [1.82, 2.24) is 10.4 Å². The number of hydrazine groups is 1. The Morgan fingerprint density at radius 2 is 1.67 bits per heavy atom. The molecule has 4 heteroatoms. The van der Waals surface area contributed by atoms with Gasteiger partial charge in [-0.15, -0.1) is 0 Å². The fraction of sp³-hybridized carbons (Fsp3) is 0.391. The lowest BCUT2D eigenvalue weighted by atomic mass is 10.0. The first-order chi connectivity index (χ1) is 12.8. The summed E-state index contributed by atoms with van der Waals surface area (Å²) in [6.07, 6.45) is 3.11. The predicted molar refractivity (Wildman–Crippen MR) is 109 cm³/mol. The number of amides is 2. The molecule has 27 heavy (non-hydrogen) atoms. The number of benzene rings is 2. The van der Waals surface area contributed by atoms with Gasteiger partial charge in [0.25, 0.3) is 5.91 Å². The first kappa shape index (κ1) is 20.7. The largest absolute Gasteiger partial charge is 0.273 e. The van der Waals surface area contributed by atoms with Gasteiger partial charge in [-0.2, -0.15) is 0 Å². The third-order valence-corrected chi connectivity index (χ3v) is 4.36. The van der Waals surface area contributed by atoms with Gasteiger partial charge >= 0.3 is 0 Å². The van der Waals surface area contributed by atoms with Gasteiger partial charge in [-0.3, -0.25) is 15.0 Å². The normalized spacial score (nSPS) is 11.1. The molecule has 0 heterocycles. The van der Waals surface area contributed by atoms with Crippen LogP contribution >= 0.6 is 0 Å². The van der Waals surface area contributed by atoms with Crippen LogP contribution in [0, 0.1) is 6.92 Å². The van der Waals surface area contributed by atoms with E-state index in [4.69, 9.17) is 0 Å². The van der Waals surface area contributed by atoms with E-state index >= 15 is 0 Å². The van der Waals surface area contributed by atoms with Gasteiger partial charge in [0.05, 0.1) is 5.54 Å². The van der Waals surface area contributed by atoms with Gasteiger partial charge in [0.15, 0.2) is 0 Å². The third kappa shape index (κ3) is 6.55. The molecule has 2 aromatic carbocycles. The van der Waals surface area contributed by atoms with E-state index < -0.39 is 5.54 Å². The van der Waals surface area contributed by atoms with Crippen LogP contribution in [0.15, 0.2) is 54.6 Å². The number of carbonyl (C=O) groups excluding carboxylic acids is 2. The lowest BCUT2D eigenvalue weighted by Crippen LogP contribution is -2.55. The van der Waals surface area contributed by atoms with Crippen LogP contribution in [-0.4, -0.2) is 22.4 Å². The van der Waals surface area contributed by atoms with Crippen LogP contribution in [-0.2, 0) is 11.2 Å². The summed E-state index contributed by atoms with van der Waals surface area (Å²) < 4.78 is 0. The molecular weight excluding hydrogens is 336 g/mol. The Morgan fingerprint density at radius 1 is 0.963 bits per heavy atom. The van der Waals surface area contributed by atoms with E-state index in [-0.39, 0.29) is 11.8 Å². The molecule has 0 aliphatic rings. The zero-order chi connectivity index (χ0) is 19.9. The van der Waals surface area contributed by atoms with Crippen molar-refractivity contribution in [2.45, 2.75) is 58.9 Å². The third-order valence-electron chi connectivity index (χ3n) is 4.36. The van der Waals surface area contributed by atoms with Gasteiger partial charge < -0.3 is 0 Å². The van der Waals surface area contributed by atoms with E-state index in [2.05, 4.69) is 17.6 Å². The lowest BCUT2D eigenvalue weighted by Gasteiger charge is -2.35. The molecule has 2 rings (SSSR count). The molecule has 0 aromatic heterocycles. The first-order valence-corrected chi connectivity index (χ1v) is 9.52. The van der Waals surface area contributed by atoms with Crippen LogP contribution in [0.1, 0.15) is 61.5 Å². The summed E-state index contributed by atoms with van der Waals surface area (Å²) in [7, 11) is 0. The first-order valence-electron chi connectivity index (χ1n) is 9.52.